The molecule has 1 aromatic rings. The zero-order valence-electron chi connectivity index (χ0n) is 12.8. The molecule has 1 N–H and O–H groups in total. The molecule has 0 aliphatic carbocycles. The van der Waals surface area contributed by atoms with Crippen molar-refractivity contribution in [3.8, 4) is 0 Å². The van der Waals surface area contributed by atoms with E-state index in [2.05, 4.69) is 50.4 Å². The van der Waals surface area contributed by atoms with Gasteiger partial charge < -0.3 is 14.8 Å². The van der Waals surface area contributed by atoms with Crippen LogP contribution in [0.15, 0.2) is 24.3 Å². The van der Waals surface area contributed by atoms with E-state index in [0.717, 1.165) is 6.54 Å². The Morgan fingerprint density at radius 1 is 1.00 bits per heavy atom. The maximum atomic E-state index is 5.34. The second-order valence-corrected chi connectivity index (χ2v) is 5.26. The Morgan fingerprint density at radius 3 is 2.05 bits per heavy atom. The lowest BCUT2D eigenvalue weighted by Gasteiger charge is -2.20. The van der Waals surface area contributed by atoms with Crippen LogP contribution in [0.5, 0.6) is 0 Å². The highest BCUT2D eigenvalue weighted by Gasteiger charge is 2.10. The van der Waals surface area contributed by atoms with Gasteiger partial charge in [-0.25, -0.2) is 0 Å². The summed E-state index contributed by atoms with van der Waals surface area (Å²) >= 11 is 0. The van der Waals surface area contributed by atoms with Gasteiger partial charge in [0.15, 0.2) is 0 Å². The number of methoxy groups -OCH3 is 2. The van der Waals surface area contributed by atoms with Crippen LogP contribution in [0, 0.1) is 0 Å². The van der Waals surface area contributed by atoms with Gasteiger partial charge in [-0.3, -0.25) is 0 Å². The summed E-state index contributed by atoms with van der Waals surface area (Å²) in [7, 11) is 3.41. The average molecular weight is 265 g/mol. The van der Waals surface area contributed by atoms with Crippen molar-refractivity contribution in [3.05, 3.63) is 35.4 Å². The second-order valence-electron chi connectivity index (χ2n) is 5.26. The molecule has 0 amide bonds. The Labute approximate surface area is 117 Å². The van der Waals surface area contributed by atoms with Crippen LogP contribution in [0.25, 0.3) is 0 Å². The highest BCUT2D eigenvalue weighted by Crippen LogP contribution is 2.18. The molecule has 1 rings (SSSR count). The van der Waals surface area contributed by atoms with Gasteiger partial charge in [0.1, 0.15) is 0 Å². The van der Waals surface area contributed by atoms with Crippen LogP contribution in [-0.2, 0) is 9.47 Å². The van der Waals surface area contributed by atoms with Crippen molar-refractivity contribution < 1.29 is 9.47 Å². The second kappa shape index (κ2) is 8.31. The van der Waals surface area contributed by atoms with E-state index < -0.39 is 0 Å². The predicted molar refractivity (Wildman–Crippen MR) is 79.6 cm³/mol. The molecule has 0 aliphatic heterocycles. The molecule has 0 fully saturated rings. The molecule has 0 bridgehead atoms. The van der Waals surface area contributed by atoms with Gasteiger partial charge >= 0.3 is 0 Å². The number of ether oxygens (including phenoxy) is 2. The molecular weight excluding hydrogens is 238 g/mol. The molecule has 0 aromatic heterocycles. The zero-order valence-corrected chi connectivity index (χ0v) is 12.8. The first-order chi connectivity index (χ1) is 9.08. The summed E-state index contributed by atoms with van der Waals surface area (Å²) < 4.78 is 10.5. The third-order valence-electron chi connectivity index (χ3n) is 3.44. The summed E-state index contributed by atoms with van der Waals surface area (Å²) in [6.07, 6.45) is 0.0994. The molecule has 1 aromatic carbocycles. The average Bonchev–Trinajstić information content (AvgIpc) is 2.43. The van der Waals surface area contributed by atoms with E-state index in [1.54, 1.807) is 14.2 Å². The van der Waals surface area contributed by atoms with E-state index in [4.69, 9.17) is 9.47 Å². The molecule has 19 heavy (non-hydrogen) atoms. The molecular formula is C16H27NO2. The Morgan fingerprint density at radius 2 is 1.58 bits per heavy atom. The van der Waals surface area contributed by atoms with Crippen LogP contribution in [0.2, 0.25) is 0 Å². The van der Waals surface area contributed by atoms with Crippen molar-refractivity contribution in [2.24, 2.45) is 0 Å². The van der Waals surface area contributed by atoms with E-state index in [0.29, 0.717) is 18.6 Å². The van der Waals surface area contributed by atoms with E-state index in [-0.39, 0.29) is 6.10 Å². The fourth-order valence-corrected chi connectivity index (χ4v) is 1.99. The van der Waals surface area contributed by atoms with Gasteiger partial charge in [0.25, 0.3) is 0 Å². The minimum absolute atomic E-state index is 0.0994. The van der Waals surface area contributed by atoms with Gasteiger partial charge in [-0.05, 0) is 24.0 Å². The predicted octanol–water partition coefficient (Wildman–Crippen LogP) is 3.12. The largest absolute Gasteiger partial charge is 0.382 e. The topological polar surface area (TPSA) is 30.5 Å². The normalized spacial score (nSPS) is 14.6. The number of nitrogens with one attached hydrogen (secondary N) is 1. The van der Waals surface area contributed by atoms with Crippen molar-refractivity contribution >= 4 is 0 Å². The number of hydrogen-bond acceptors (Lipinski definition) is 3. The van der Waals surface area contributed by atoms with Gasteiger partial charge in [-0.2, -0.15) is 0 Å². The molecule has 0 heterocycles. The molecule has 0 spiro atoms. The number of rotatable bonds is 8. The summed E-state index contributed by atoms with van der Waals surface area (Å²) in [4.78, 5) is 0. The fraction of sp³-hybridized carbons (Fsp3) is 0.625. The number of hydrogen-bond donors (Lipinski definition) is 1. The molecule has 2 unspecified atom stereocenters. The molecule has 3 nitrogen and oxygen atoms in total. The summed E-state index contributed by atoms with van der Waals surface area (Å²) in [6, 6.07) is 9.13. The van der Waals surface area contributed by atoms with Crippen molar-refractivity contribution in [1.29, 1.82) is 0 Å². The molecule has 0 saturated carbocycles. The van der Waals surface area contributed by atoms with Crippen LogP contribution >= 0.6 is 0 Å². The van der Waals surface area contributed by atoms with Gasteiger partial charge in [-0.1, -0.05) is 38.1 Å². The SMILES string of the molecule is COCC(CNC(C)c1ccc(C(C)C)cc1)OC. The lowest BCUT2D eigenvalue weighted by Crippen LogP contribution is -2.33. The molecule has 0 aliphatic rings. The smallest absolute Gasteiger partial charge is 0.0928 e. The first-order valence-corrected chi connectivity index (χ1v) is 6.93. The third kappa shape index (κ3) is 5.31. The lowest BCUT2D eigenvalue weighted by molar-refractivity contribution is 0.0276. The summed E-state index contributed by atoms with van der Waals surface area (Å²) in [5.74, 6) is 0.580. The molecule has 3 heteroatoms. The standard InChI is InChI=1S/C16H27NO2/c1-12(2)14-6-8-15(9-7-14)13(3)17-10-16(19-5)11-18-4/h6-9,12-13,16-17H,10-11H2,1-5H3. The Hall–Kier alpha value is -0.900. The zero-order chi connectivity index (χ0) is 14.3. The van der Waals surface area contributed by atoms with E-state index >= 15 is 0 Å². The van der Waals surface area contributed by atoms with E-state index in [9.17, 15) is 0 Å². The fourth-order valence-electron chi connectivity index (χ4n) is 1.99. The highest BCUT2D eigenvalue weighted by molar-refractivity contribution is 5.26. The van der Waals surface area contributed by atoms with Crippen molar-refractivity contribution in [2.75, 3.05) is 27.4 Å². The first kappa shape index (κ1) is 16.2. The van der Waals surface area contributed by atoms with Crippen LogP contribution < -0.4 is 5.32 Å². The van der Waals surface area contributed by atoms with Gasteiger partial charge in [0.05, 0.1) is 12.7 Å². The van der Waals surface area contributed by atoms with Crippen molar-refractivity contribution in [2.45, 2.75) is 38.8 Å². The Bertz CT molecular complexity index is 348. The monoisotopic (exact) mass is 265 g/mol. The summed E-state index contributed by atoms with van der Waals surface area (Å²) in [5, 5.41) is 3.48. The van der Waals surface area contributed by atoms with E-state index in [1.807, 2.05) is 0 Å². The van der Waals surface area contributed by atoms with Crippen LogP contribution in [0.4, 0.5) is 0 Å². The quantitative estimate of drug-likeness (QED) is 0.783. The van der Waals surface area contributed by atoms with Crippen LogP contribution in [0.3, 0.4) is 0 Å². The van der Waals surface area contributed by atoms with Crippen LogP contribution in [-0.4, -0.2) is 33.5 Å². The van der Waals surface area contributed by atoms with E-state index in [1.165, 1.54) is 11.1 Å². The summed E-state index contributed by atoms with van der Waals surface area (Å²) in [5.41, 5.74) is 2.68. The van der Waals surface area contributed by atoms with Gasteiger partial charge in [0, 0.05) is 26.8 Å². The van der Waals surface area contributed by atoms with Gasteiger partial charge in [0.2, 0.25) is 0 Å². The minimum Gasteiger partial charge on any atom is -0.382 e. The lowest BCUT2D eigenvalue weighted by atomic mass is 9.99. The highest BCUT2D eigenvalue weighted by atomic mass is 16.5. The first-order valence-electron chi connectivity index (χ1n) is 6.93. The maximum Gasteiger partial charge on any atom is 0.0928 e. The van der Waals surface area contributed by atoms with Gasteiger partial charge in [-0.15, -0.1) is 0 Å². The third-order valence-corrected chi connectivity index (χ3v) is 3.44. The minimum atomic E-state index is 0.0994. The molecule has 0 saturated heterocycles. The molecule has 2 atom stereocenters. The number of benzene rings is 1. The van der Waals surface area contributed by atoms with Crippen molar-refractivity contribution in [3.63, 3.8) is 0 Å². The maximum absolute atomic E-state index is 5.34. The Balaban J connectivity index is 2.50. The summed E-state index contributed by atoms with van der Waals surface area (Å²) in [6.45, 7) is 8.00. The Kier molecular flexibility index (Phi) is 7.06. The van der Waals surface area contributed by atoms with Crippen molar-refractivity contribution in [1.82, 2.24) is 5.32 Å². The molecule has 108 valence electrons. The van der Waals surface area contributed by atoms with Crippen LogP contribution in [0.1, 0.15) is 43.9 Å². The molecule has 0 radical (unpaired) electrons.